The molecule has 1 aliphatic rings. The average Bonchev–Trinajstić information content (AvgIpc) is 2.96. The summed E-state index contributed by atoms with van der Waals surface area (Å²) in [6.07, 6.45) is 7.50. The molecule has 1 aliphatic carbocycles. The molecule has 1 atom stereocenters. The van der Waals surface area contributed by atoms with E-state index in [4.69, 9.17) is 0 Å². The van der Waals surface area contributed by atoms with Gasteiger partial charge < -0.3 is 5.32 Å². The lowest BCUT2D eigenvalue weighted by molar-refractivity contribution is 0.458. The lowest BCUT2D eigenvalue weighted by atomic mass is 9.88. The first-order valence-corrected chi connectivity index (χ1v) is 7.61. The molecule has 0 aliphatic heterocycles. The van der Waals surface area contributed by atoms with Gasteiger partial charge >= 0.3 is 0 Å². The van der Waals surface area contributed by atoms with Gasteiger partial charge in [-0.15, -0.1) is 0 Å². The molecule has 3 heteroatoms. The third-order valence-electron chi connectivity index (χ3n) is 4.43. The van der Waals surface area contributed by atoms with E-state index in [0.29, 0.717) is 6.04 Å². The third kappa shape index (κ3) is 2.45. The molecule has 0 radical (unpaired) electrons. The lowest BCUT2D eigenvalue weighted by Crippen LogP contribution is -2.34. The summed E-state index contributed by atoms with van der Waals surface area (Å²) in [6, 6.07) is 15.6. The number of aryl methyl sites for hydroxylation is 1. The number of hydrogen-bond acceptors (Lipinski definition) is 2. The number of nitrogens with one attached hydrogen (secondary N) is 1. The van der Waals surface area contributed by atoms with Gasteiger partial charge in [-0.3, -0.25) is 0 Å². The molecule has 0 saturated heterocycles. The molecule has 3 nitrogen and oxygen atoms in total. The summed E-state index contributed by atoms with van der Waals surface area (Å²) < 4.78 is 1.94. The minimum atomic E-state index is 0.568. The summed E-state index contributed by atoms with van der Waals surface area (Å²) in [5, 5.41) is 8.10. The maximum absolute atomic E-state index is 4.40. The van der Waals surface area contributed by atoms with Crippen LogP contribution in [0.4, 0.5) is 0 Å². The van der Waals surface area contributed by atoms with E-state index >= 15 is 0 Å². The molecule has 21 heavy (non-hydrogen) atoms. The molecule has 1 unspecified atom stereocenters. The van der Waals surface area contributed by atoms with Crippen LogP contribution in [0.1, 0.15) is 23.1 Å². The van der Waals surface area contributed by atoms with Crippen LogP contribution >= 0.6 is 0 Å². The number of aromatic nitrogens is 2. The Hall–Kier alpha value is -2.13. The van der Waals surface area contributed by atoms with Gasteiger partial charge in [0.15, 0.2) is 0 Å². The van der Waals surface area contributed by atoms with Crippen LogP contribution in [0, 0.1) is 0 Å². The molecule has 0 spiro atoms. The molecule has 2 heterocycles. The van der Waals surface area contributed by atoms with Gasteiger partial charge in [0.1, 0.15) is 0 Å². The fourth-order valence-corrected chi connectivity index (χ4v) is 3.25. The van der Waals surface area contributed by atoms with Gasteiger partial charge in [0.25, 0.3) is 0 Å². The van der Waals surface area contributed by atoms with E-state index in [1.54, 1.807) is 0 Å². The number of pyridine rings is 1. The van der Waals surface area contributed by atoms with Crippen molar-refractivity contribution in [1.29, 1.82) is 0 Å². The molecule has 0 bridgehead atoms. The summed E-state index contributed by atoms with van der Waals surface area (Å²) in [4.78, 5) is 0. The van der Waals surface area contributed by atoms with Crippen LogP contribution in [-0.4, -0.2) is 15.7 Å². The largest absolute Gasteiger partial charge is 0.309 e. The fourth-order valence-electron chi connectivity index (χ4n) is 3.25. The molecule has 2 aromatic heterocycles. The summed E-state index contributed by atoms with van der Waals surface area (Å²) in [5.41, 5.74) is 5.49. The zero-order valence-electron chi connectivity index (χ0n) is 12.0. The molecule has 4 rings (SSSR count). The second-order valence-corrected chi connectivity index (χ2v) is 5.79. The number of fused-ring (bicyclic) bond motifs is 2. The molecular weight excluding hydrogens is 258 g/mol. The minimum absolute atomic E-state index is 0.568. The monoisotopic (exact) mass is 277 g/mol. The van der Waals surface area contributed by atoms with E-state index in [1.807, 2.05) is 23.0 Å². The van der Waals surface area contributed by atoms with Crippen molar-refractivity contribution in [2.45, 2.75) is 31.8 Å². The maximum Gasteiger partial charge on any atom is 0.0706 e. The highest BCUT2D eigenvalue weighted by atomic mass is 15.2. The first-order chi connectivity index (χ1) is 10.4. The minimum Gasteiger partial charge on any atom is -0.309 e. The zero-order valence-corrected chi connectivity index (χ0v) is 12.0. The highest BCUT2D eigenvalue weighted by Crippen LogP contribution is 2.21. The van der Waals surface area contributed by atoms with Crippen LogP contribution in [-0.2, 0) is 19.4 Å². The van der Waals surface area contributed by atoms with Crippen molar-refractivity contribution in [3.05, 3.63) is 71.5 Å². The highest BCUT2D eigenvalue weighted by molar-refractivity contribution is 5.53. The number of nitrogens with zero attached hydrogens (tertiary/aromatic N) is 2. The number of rotatable bonds is 3. The second-order valence-electron chi connectivity index (χ2n) is 5.79. The Bertz CT molecular complexity index is 760. The van der Waals surface area contributed by atoms with Crippen molar-refractivity contribution in [2.24, 2.45) is 0 Å². The van der Waals surface area contributed by atoms with Crippen LogP contribution in [0.3, 0.4) is 0 Å². The smallest absolute Gasteiger partial charge is 0.0706 e. The summed E-state index contributed by atoms with van der Waals surface area (Å²) in [5.74, 6) is 0. The van der Waals surface area contributed by atoms with Crippen LogP contribution < -0.4 is 5.32 Å². The van der Waals surface area contributed by atoms with E-state index < -0.39 is 0 Å². The summed E-state index contributed by atoms with van der Waals surface area (Å²) in [7, 11) is 0. The molecule has 0 fully saturated rings. The van der Waals surface area contributed by atoms with Crippen molar-refractivity contribution in [3.63, 3.8) is 0 Å². The molecular formula is C18H19N3. The third-order valence-corrected chi connectivity index (χ3v) is 4.43. The lowest BCUT2D eigenvalue weighted by Gasteiger charge is -2.25. The van der Waals surface area contributed by atoms with E-state index in [-0.39, 0.29) is 0 Å². The Morgan fingerprint density at radius 1 is 1.10 bits per heavy atom. The Balaban J connectivity index is 1.46. The quantitative estimate of drug-likeness (QED) is 0.797. The average molecular weight is 277 g/mol. The predicted octanol–water partition coefficient (Wildman–Crippen LogP) is 2.98. The van der Waals surface area contributed by atoms with Crippen LogP contribution in [0.25, 0.3) is 5.52 Å². The van der Waals surface area contributed by atoms with Crippen LogP contribution in [0.15, 0.2) is 54.9 Å². The van der Waals surface area contributed by atoms with Gasteiger partial charge in [-0.25, -0.2) is 4.52 Å². The van der Waals surface area contributed by atoms with Gasteiger partial charge in [0.2, 0.25) is 0 Å². The molecule has 0 amide bonds. The second kappa shape index (κ2) is 5.34. The summed E-state index contributed by atoms with van der Waals surface area (Å²) >= 11 is 0. The Labute approximate surface area is 124 Å². The van der Waals surface area contributed by atoms with Gasteiger partial charge in [-0.2, -0.15) is 5.10 Å². The van der Waals surface area contributed by atoms with Crippen LogP contribution in [0.2, 0.25) is 0 Å². The van der Waals surface area contributed by atoms with Crippen molar-refractivity contribution >= 4 is 5.52 Å². The van der Waals surface area contributed by atoms with E-state index in [9.17, 15) is 0 Å². The van der Waals surface area contributed by atoms with Crippen molar-refractivity contribution < 1.29 is 0 Å². The SMILES string of the molecule is c1ccc2c(c1)CCC(NCc1cnn3ccccc13)C2. The highest BCUT2D eigenvalue weighted by Gasteiger charge is 2.17. The van der Waals surface area contributed by atoms with E-state index in [1.165, 1.54) is 35.0 Å². The van der Waals surface area contributed by atoms with Crippen LogP contribution in [0.5, 0.6) is 0 Å². The van der Waals surface area contributed by atoms with Gasteiger partial charge in [0, 0.05) is 24.3 Å². The first kappa shape index (κ1) is 12.6. The molecule has 1 N–H and O–H groups in total. The van der Waals surface area contributed by atoms with Gasteiger partial charge in [-0.1, -0.05) is 30.3 Å². The van der Waals surface area contributed by atoms with Crippen molar-refractivity contribution in [2.75, 3.05) is 0 Å². The van der Waals surface area contributed by atoms with Crippen molar-refractivity contribution in [3.8, 4) is 0 Å². The maximum atomic E-state index is 4.40. The zero-order chi connectivity index (χ0) is 14.1. The first-order valence-electron chi connectivity index (χ1n) is 7.61. The molecule has 1 aromatic carbocycles. The van der Waals surface area contributed by atoms with Gasteiger partial charge in [0.05, 0.1) is 11.7 Å². The standard InChI is InChI=1S/C18H19N3/c1-2-6-15-11-17(9-8-14(15)5-1)19-12-16-13-20-21-10-4-3-7-18(16)21/h1-7,10,13,17,19H,8-9,11-12H2. The Kier molecular flexibility index (Phi) is 3.20. The number of benzene rings is 1. The normalized spacial score (nSPS) is 17.8. The van der Waals surface area contributed by atoms with Gasteiger partial charge in [-0.05, 0) is 42.5 Å². The summed E-state index contributed by atoms with van der Waals surface area (Å²) in [6.45, 7) is 0.889. The Morgan fingerprint density at radius 3 is 2.90 bits per heavy atom. The van der Waals surface area contributed by atoms with E-state index in [2.05, 4.69) is 46.8 Å². The molecule has 106 valence electrons. The van der Waals surface area contributed by atoms with Crippen molar-refractivity contribution in [1.82, 2.24) is 14.9 Å². The number of hydrogen-bond donors (Lipinski definition) is 1. The topological polar surface area (TPSA) is 29.3 Å². The fraction of sp³-hybridized carbons (Fsp3) is 0.278. The Morgan fingerprint density at radius 2 is 1.95 bits per heavy atom. The predicted molar refractivity (Wildman–Crippen MR) is 84.3 cm³/mol. The van der Waals surface area contributed by atoms with E-state index in [0.717, 1.165) is 13.0 Å². The molecule has 0 saturated carbocycles. The molecule has 3 aromatic rings.